The van der Waals surface area contributed by atoms with Crippen molar-refractivity contribution in [3.63, 3.8) is 0 Å². The standard InChI is InChI=1S/C20H22FN3O2.C2H6/c1-13(2)19-11-17(12-22-14(19)3)23-20(25)15-8-16(21)10-18(9-15)24-4-6-26-7-5-24;1-2/h8-12H,1,4-7H2,2-3H3,(H,23,25);1-2H3. The van der Waals surface area contributed by atoms with Crippen molar-refractivity contribution in [3.05, 3.63) is 59.7 Å². The van der Waals surface area contributed by atoms with Crippen LogP contribution in [-0.4, -0.2) is 37.2 Å². The van der Waals surface area contributed by atoms with Gasteiger partial charge in [-0.15, -0.1) is 0 Å². The molecule has 0 saturated carbocycles. The number of carbonyl (C=O) groups excluding carboxylic acids is 1. The molecule has 1 aliphatic rings. The average Bonchev–Trinajstić information content (AvgIpc) is 2.71. The number of nitrogens with one attached hydrogen (secondary N) is 1. The van der Waals surface area contributed by atoms with Crippen LogP contribution in [-0.2, 0) is 4.74 Å². The molecule has 5 nitrogen and oxygen atoms in total. The molecule has 0 radical (unpaired) electrons. The predicted octanol–water partition coefficient (Wildman–Crippen LogP) is 4.68. The fraction of sp³-hybridized carbons (Fsp3) is 0.364. The second kappa shape index (κ2) is 9.99. The number of aryl methyl sites for hydroxylation is 1. The molecule has 1 aromatic carbocycles. The monoisotopic (exact) mass is 385 g/mol. The van der Waals surface area contributed by atoms with Crippen molar-refractivity contribution in [2.75, 3.05) is 36.5 Å². The van der Waals surface area contributed by atoms with E-state index in [9.17, 15) is 9.18 Å². The zero-order valence-corrected chi connectivity index (χ0v) is 17.0. The number of pyridine rings is 1. The van der Waals surface area contributed by atoms with Gasteiger partial charge in [-0.3, -0.25) is 9.78 Å². The Morgan fingerprint density at radius 1 is 1.21 bits per heavy atom. The minimum atomic E-state index is -0.441. The van der Waals surface area contributed by atoms with Crippen LogP contribution in [0.4, 0.5) is 15.8 Å². The fourth-order valence-corrected chi connectivity index (χ4v) is 2.95. The molecule has 150 valence electrons. The van der Waals surface area contributed by atoms with Crippen molar-refractivity contribution >= 4 is 22.9 Å². The summed E-state index contributed by atoms with van der Waals surface area (Å²) in [5, 5.41) is 2.79. The van der Waals surface area contributed by atoms with Crippen LogP contribution >= 0.6 is 0 Å². The molecule has 1 saturated heterocycles. The Hall–Kier alpha value is -2.73. The Bertz CT molecular complexity index is 846. The van der Waals surface area contributed by atoms with E-state index in [0.717, 1.165) is 16.8 Å². The number of amides is 1. The molecule has 0 aliphatic carbocycles. The van der Waals surface area contributed by atoms with Gasteiger partial charge in [-0.25, -0.2) is 4.39 Å². The number of hydrogen-bond donors (Lipinski definition) is 1. The van der Waals surface area contributed by atoms with E-state index in [0.29, 0.717) is 37.7 Å². The van der Waals surface area contributed by atoms with Crippen molar-refractivity contribution in [2.45, 2.75) is 27.7 Å². The number of morpholine rings is 1. The molecular formula is C22H28FN3O2. The molecule has 1 aromatic heterocycles. The van der Waals surface area contributed by atoms with Gasteiger partial charge in [-0.1, -0.05) is 20.4 Å². The summed E-state index contributed by atoms with van der Waals surface area (Å²) in [5.41, 5.74) is 4.10. The summed E-state index contributed by atoms with van der Waals surface area (Å²) in [4.78, 5) is 18.9. The molecule has 0 atom stereocenters. The van der Waals surface area contributed by atoms with Gasteiger partial charge >= 0.3 is 0 Å². The Balaban J connectivity index is 0.00000136. The zero-order valence-electron chi connectivity index (χ0n) is 17.0. The average molecular weight is 385 g/mol. The number of halogens is 1. The lowest BCUT2D eigenvalue weighted by molar-refractivity contribution is 0.102. The molecule has 0 bridgehead atoms. The summed E-state index contributed by atoms with van der Waals surface area (Å²) in [6.45, 7) is 14.2. The van der Waals surface area contributed by atoms with Gasteiger partial charge in [0.25, 0.3) is 5.91 Å². The predicted molar refractivity (Wildman–Crippen MR) is 112 cm³/mol. The molecule has 2 heterocycles. The van der Waals surface area contributed by atoms with E-state index in [4.69, 9.17) is 4.74 Å². The van der Waals surface area contributed by atoms with Gasteiger partial charge in [0.15, 0.2) is 0 Å². The first-order valence-electron chi connectivity index (χ1n) is 9.51. The number of allylic oxidation sites excluding steroid dienone is 1. The number of hydrogen-bond acceptors (Lipinski definition) is 4. The van der Waals surface area contributed by atoms with Crippen LogP contribution in [0.1, 0.15) is 42.4 Å². The van der Waals surface area contributed by atoms with Crippen LogP contribution in [0.2, 0.25) is 0 Å². The third-order valence-corrected chi connectivity index (χ3v) is 4.33. The normalized spacial score (nSPS) is 13.4. The number of carbonyl (C=O) groups is 1. The molecule has 1 fully saturated rings. The number of nitrogens with zero attached hydrogens (tertiary/aromatic N) is 2. The molecular weight excluding hydrogens is 357 g/mol. The van der Waals surface area contributed by atoms with E-state index in [1.165, 1.54) is 12.1 Å². The summed E-state index contributed by atoms with van der Waals surface area (Å²) >= 11 is 0. The summed E-state index contributed by atoms with van der Waals surface area (Å²) < 4.78 is 19.4. The highest BCUT2D eigenvalue weighted by Gasteiger charge is 2.16. The van der Waals surface area contributed by atoms with E-state index < -0.39 is 5.82 Å². The van der Waals surface area contributed by atoms with E-state index in [1.54, 1.807) is 12.3 Å². The van der Waals surface area contributed by atoms with E-state index in [1.807, 2.05) is 38.7 Å². The number of anilines is 2. The Morgan fingerprint density at radius 2 is 1.89 bits per heavy atom. The molecule has 1 N–H and O–H groups in total. The zero-order chi connectivity index (χ0) is 20.7. The molecule has 28 heavy (non-hydrogen) atoms. The highest BCUT2D eigenvalue weighted by atomic mass is 19.1. The first-order chi connectivity index (χ1) is 13.4. The molecule has 2 aromatic rings. The summed E-state index contributed by atoms with van der Waals surface area (Å²) in [6.07, 6.45) is 1.59. The topological polar surface area (TPSA) is 54.5 Å². The van der Waals surface area contributed by atoms with E-state index in [-0.39, 0.29) is 11.5 Å². The van der Waals surface area contributed by atoms with Gasteiger partial charge in [0.2, 0.25) is 0 Å². The smallest absolute Gasteiger partial charge is 0.255 e. The second-order valence-corrected chi connectivity index (χ2v) is 6.39. The van der Waals surface area contributed by atoms with E-state index >= 15 is 0 Å². The number of aromatic nitrogens is 1. The molecule has 0 spiro atoms. The molecule has 1 amide bonds. The maximum atomic E-state index is 14.0. The van der Waals surface area contributed by atoms with Crippen molar-refractivity contribution in [1.82, 2.24) is 4.98 Å². The maximum absolute atomic E-state index is 14.0. The molecule has 3 rings (SSSR count). The van der Waals surface area contributed by atoms with Crippen LogP contribution in [0.5, 0.6) is 0 Å². The highest BCUT2D eigenvalue weighted by molar-refractivity contribution is 6.05. The van der Waals surface area contributed by atoms with Crippen molar-refractivity contribution < 1.29 is 13.9 Å². The minimum absolute atomic E-state index is 0.268. The first kappa shape index (κ1) is 21.6. The number of benzene rings is 1. The van der Waals surface area contributed by atoms with Gasteiger partial charge in [0, 0.05) is 35.6 Å². The highest BCUT2D eigenvalue weighted by Crippen LogP contribution is 2.22. The Morgan fingerprint density at radius 3 is 2.54 bits per heavy atom. The third kappa shape index (κ3) is 5.39. The summed E-state index contributed by atoms with van der Waals surface area (Å²) in [6, 6.07) is 6.20. The first-order valence-corrected chi connectivity index (χ1v) is 9.51. The second-order valence-electron chi connectivity index (χ2n) is 6.39. The lowest BCUT2D eigenvalue weighted by atomic mass is 10.1. The summed E-state index contributed by atoms with van der Waals surface area (Å²) in [7, 11) is 0. The van der Waals surface area contributed by atoms with Crippen LogP contribution in [0.25, 0.3) is 5.57 Å². The van der Waals surface area contributed by atoms with Gasteiger partial charge in [0.1, 0.15) is 5.82 Å². The van der Waals surface area contributed by atoms with Crippen molar-refractivity contribution in [3.8, 4) is 0 Å². The Labute approximate surface area is 166 Å². The SMILES string of the molecule is C=C(C)c1cc(NC(=O)c2cc(F)cc(N3CCOCC3)c2)cnc1C.CC. The molecule has 0 unspecified atom stereocenters. The van der Waals surface area contributed by atoms with E-state index in [2.05, 4.69) is 16.9 Å². The lowest BCUT2D eigenvalue weighted by Crippen LogP contribution is -2.36. The van der Waals surface area contributed by atoms with Gasteiger partial charge < -0.3 is 15.0 Å². The van der Waals surface area contributed by atoms with Crippen molar-refractivity contribution in [1.29, 1.82) is 0 Å². The van der Waals surface area contributed by atoms with Gasteiger partial charge in [-0.2, -0.15) is 0 Å². The third-order valence-electron chi connectivity index (χ3n) is 4.33. The van der Waals surface area contributed by atoms with Crippen molar-refractivity contribution in [2.24, 2.45) is 0 Å². The number of ether oxygens (including phenoxy) is 1. The maximum Gasteiger partial charge on any atom is 0.255 e. The largest absolute Gasteiger partial charge is 0.378 e. The number of rotatable bonds is 4. The van der Waals surface area contributed by atoms with Crippen LogP contribution in [0.3, 0.4) is 0 Å². The quantitative estimate of drug-likeness (QED) is 0.830. The van der Waals surface area contributed by atoms with Gasteiger partial charge in [0.05, 0.1) is 25.1 Å². The molecule has 1 aliphatic heterocycles. The fourth-order valence-electron chi connectivity index (χ4n) is 2.95. The van der Waals surface area contributed by atoms with Gasteiger partial charge in [-0.05, 0) is 43.7 Å². The minimum Gasteiger partial charge on any atom is -0.378 e. The van der Waals surface area contributed by atoms with Crippen LogP contribution in [0, 0.1) is 12.7 Å². The lowest BCUT2D eigenvalue weighted by Gasteiger charge is -2.29. The van der Waals surface area contributed by atoms with Crippen LogP contribution < -0.4 is 10.2 Å². The van der Waals surface area contributed by atoms with Crippen LogP contribution in [0.15, 0.2) is 37.0 Å². The Kier molecular flexibility index (Phi) is 7.70. The summed E-state index contributed by atoms with van der Waals surface area (Å²) in [5.74, 6) is -0.818. The molecule has 6 heteroatoms.